The lowest BCUT2D eigenvalue weighted by Crippen LogP contribution is -2.54. The normalized spacial score (nSPS) is 22.5. The highest BCUT2D eigenvalue weighted by Crippen LogP contribution is 2.34. The summed E-state index contributed by atoms with van der Waals surface area (Å²) in [6.45, 7) is 3.03. The summed E-state index contributed by atoms with van der Waals surface area (Å²) in [6, 6.07) is 7.30. The lowest BCUT2D eigenvalue weighted by molar-refractivity contribution is -0.135. The van der Waals surface area contributed by atoms with Gasteiger partial charge in [-0.3, -0.25) is 14.5 Å². The molecule has 1 aromatic carbocycles. The van der Waals surface area contributed by atoms with Crippen molar-refractivity contribution in [2.75, 3.05) is 13.1 Å². The molecule has 2 saturated heterocycles. The quantitative estimate of drug-likeness (QED) is 0.743. The fraction of sp³-hybridized carbons (Fsp3) is 0.409. The second-order valence-electron chi connectivity index (χ2n) is 8.11. The summed E-state index contributed by atoms with van der Waals surface area (Å²) in [4.78, 5) is 41.2. The number of carbonyl (C=O) groups excluding carboxylic acids is 3. The standard InChI is InChI=1S/C22H24FN3O3S/c1-22(17-6-9-25(10-7-17)19(27)12-16-8-11-30-14-16)20(28)26(21(29)24-22)13-15-2-4-18(23)5-3-15/h2-5,8,11,14,17H,6-7,9-10,12-13H2,1H3,(H,24,29)/t22-/m1/s1. The zero-order valence-electron chi connectivity index (χ0n) is 16.8. The summed E-state index contributed by atoms with van der Waals surface area (Å²) in [6.07, 6.45) is 1.71. The third-order valence-corrected chi connectivity index (χ3v) is 6.89. The van der Waals surface area contributed by atoms with E-state index in [9.17, 15) is 18.8 Å². The number of urea groups is 1. The third kappa shape index (κ3) is 3.96. The number of piperidine rings is 1. The van der Waals surface area contributed by atoms with Crippen LogP contribution in [0.2, 0.25) is 0 Å². The first-order valence-electron chi connectivity index (χ1n) is 10.0. The highest BCUT2D eigenvalue weighted by molar-refractivity contribution is 7.08. The smallest absolute Gasteiger partial charge is 0.325 e. The topological polar surface area (TPSA) is 69.7 Å². The van der Waals surface area contributed by atoms with Crippen molar-refractivity contribution in [1.29, 1.82) is 0 Å². The zero-order valence-corrected chi connectivity index (χ0v) is 17.6. The number of carbonyl (C=O) groups is 3. The van der Waals surface area contributed by atoms with Crippen LogP contribution in [0.15, 0.2) is 41.1 Å². The number of thiophene rings is 1. The molecule has 2 aliphatic rings. The molecule has 4 rings (SSSR count). The summed E-state index contributed by atoms with van der Waals surface area (Å²) in [7, 11) is 0. The molecule has 3 heterocycles. The van der Waals surface area contributed by atoms with Gasteiger partial charge in [0.05, 0.1) is 13.0 Å². The highest BCUT2D eigenvalue weighted by atomic mass is 32.1. The summed E-state index contributed by atoms with van der Waals surface area (Å²) >= 11 is 1.58. The van der Waals surface area contributed by atoms with Gasteiger partial charge < -0.3 is 10.2 Å². The maximum absolute atomic E-state index is 13.1. The lowest BCUT2D eigenvalue weighted by atomic mass is 9.78. The van der Waals surface area contributed by atoms with Crippen LogP contribution < -0.4 is 5.32 Å². The molecule has 2 fully saturated rings. The van der Waals surface area contributed by atoms with Crippen LogP contribution in [0.4, 0.5) is 9.18 Å². The predicted molar refractivity (Wildman–Crippen MR) is 111 cm³/mol. The van der Waals surface area contributed by atoms with Gasteiger partial charge in [-0.25, -0.2) is 9.18 Å². The first-order valence-corrected chi connectivity index (χ1v) is 11.0. The number of nitrogens with one attached hydrogen (secondary N) is 1. The fourth-order valence-electron chi connectivity index (χ4n) is 4.29. The van der Waals surface area contributed by atoms with Crippen molar-refractivity contribution in [3.8, 4) is 0 Å². The van der Waals surface area contributed by atoms with Crippen molar-refractivity contribution in [2.24, 2.45) is 5.92 Å². The minimum absolute atomic E-state index is 0.0441. The van der Waals surface area contributed by atoms with Gasteiger partial charge in [0.15, 0.2) is 0 Å². The molecule has 1 atom stereocenters. The van der Waals surface area contributed by atoms with Crippen LogP contribution in [0.3, 0.4) is 0 Å². The Morgan fingerprint density at radius 2 is 1.87 bits per heavy atom. The first-order chi connectivity index (χ1) is 14.4. The van der Waals surface area contributed by atoms with E-state index in [1.54, 1.807) is 30.4 Å². The molecular formula is C22H24FN3O3S. The van der Waals surface area contributed by atoms with Crippen molar-refractivity contribution in [1.82, 2.24) is 15.1 Å². The molecule has 0 radical (unpaired) electrons. The molecule has 1 N–H and O–H groups in total. The number of hydrogen-bond donors (Lipinski definition) is 1. The Morgan fingerprint density at radius 3 is 2.50 bits per heavy atom. The van der Waals surface area contributed by atoms with Crippen LogP contribution in [0.5, 0.6) is 0 Å². The Morgan fingerprint density at radius 1 is 1.17 bits per heavy atom. The number of imide groups is 1. The molecule has 2 aliphatic heterocycles. The van der Waals surface area contributed by atoms with E-state index in [2.05, 4.69) is 5.32 Å². The molecule has 158 valence electrons. The van der Waals surface area contributed by atoms with Crippen molar-refractivity contribution >= 4 is 29.2 Å². The fourth-order valence-corrected chi connectivity index (χ4v) is 4.96. The number of nitrogens with zero attached hydrogens (tertiary/aromatic N) is 2. The Hall–Kier alpha value is -2.74. The highest BCUT2D eigenvalue weighted by Gasteiger charge is 2.52. The predicted octanol–water partition coefficient (Wildman–Crippen LogP) is 3.18. The molecule has 0 unspecified atom stereocenters. The monoisotopic (exact) mass is 429 g/mol. The van der Waals surface area contributed by atoms with Gasteiger partial charge in [-0.15, -0.1) is 0 Å². The number of likely N-dealkylation sites (tertiary alicyclic amines) is 1. The summed E-state index contributed by atoms with van der Waals surface area (Å²) in [5.74, 6) is -0.574. The summed E-state index contributed by atoms with van der Waals surface area (Å²) in [5, 5.41) is 6.81. The van der Waals surface area contributed by atoms with Crippen LogP contribution in [0, 0.1) is 11.7 Å². The van der Waals surface area contributed by atoms with Crippen molar-refractivity contribution in [3.63, 3.8) is 0 Å². The summed E-state index contributed by atoms with van der Waals surface area (Å²) in [5.41, 5.74) is 0.728. The molecule has 30 heavy (non-hydrogen) atoms. The van der Waals surface area contributed by atoms with E-state index < -0.39 is 11.6 Å². The van der Waals surface area contributed by atoms with Crippen molar-refractivity contribution in [3.05, 3.63) is 58.0 Å². The first kappa shape index (κ1) is 20.5. The van der Waals surface area contributed by atoms with E-state index in [0.29, 0.717) is 37.9 Å². The summed E-state index contributed by atoms with van der Waals surface area (Å²) < 4.78 is 13.1. The second kappa shape index (κ2) is 8.18. The van der Waals surface area contributed by atoms with E-state index in [4.69, 9.17) is 0 Å². The van der Waals surface area contributed by atoms with E-state index in [0.717, 1.165) is 5.56 Å². The van der Waals surface area contributed by atoms with Crippen LogP contribution >= 0.6 is 11.3 Å². The van der Waals surface area contributed by atoms with Gasteiger partial charge in [0, 0.05) is 13.1 Å². The van der Waals surface area contributed by atoms with Gasteiger partial charge in [0.1, 0.15) is 11.4 Å². The minimum atomic E-state index is -0.986. The number of amides is 4. The Labute approximate surface area is 178 Å². The molecule has 2 aromatic rings. The Bertz CT molecular complexity index is 939. The molecule has 0 saturated carbocycles. The van der Waals surface area contributed by atoms with Crippen LogP contribution in [0.1, 0.15) is 30.9 Å². The number of hydrogen-bond acceptors (Lipinski definition) is 4. The average Bonchev–Trinajstić information content (AvgIpc) is 3.32. The van der Waals surface area contributed by atoms with Crippen molar-refractivity contribution < 1.29 is 18.8 Å². The molecule has 0 aliphatic carbocycles. The van der Waals surface area contributed by atoms with Crippen molar-refractivity contribution in [2.45, 2.75) is 38.3 Å². The van der Waals surface area contributed by atoms with Gasteiger partial charge in [0.2, 0.25) is 5.91 Å². The van der Waals surface area contributed by atoms with E-state index in [1.165, 1.54) is 17.0 Å². The van der Waals surface area contributed by atoms with Crippen LogP contribution in [-0.4, -0.2) is 46.3 Å². The minimum Gasteiger partial charge on any atom is -0.342 e. The van der Waals surface area contributed by atoms with Gasteiger partial charge >= 0.3 is 6.03 Å². The van der Waals surface area contributed by atoms with E-state index in [1.807, 2.05) is 21.7 Å². The maximum Gasteiger partial charge on any atom is 0.325 e. The van der Waals surface area contributed by atoms with Gasteiger partial charge in [-0.05, 0) is 65.8 Å². The third-order valence-electron chi connectivity index (χ3n) is 6.15. The largest absolute Gasteiger partial charge is 0.342 e. The van der Waals surface area contributed by atoms with E-state index in [-0.39, 0.29) is 30.1 Å². The number of rotatable bonds is 5. The number of benzene rings is 1. The average molecular weight is 430 g/mol. The molecular weight excluding hydrogens is 405 g/mol. The molecule has 0 spiro atoms. The van der Waals surface area contributed by atoms with Gasteiger partial charge in [-0.2, -0.15) is 11.3 Å². The molecule has 4 amide bonds. The molecule has 6 nitrogen and oxygen atoms in total. The van der Waals surface area contributed by atoms with Crippen LogP contribution in [-0.2, 0) is 22.6 Å². The molecule has 1 aromatic heterocycles. The maximum atomic E-state index is 13.1. The Balaban J connectivity index is 1.38. The zero-order chi connectivity index (χ0) is 21.3. The second-order valence-corrected chi connectivity index (χ2v) is 8.89. The molecule has 8 heteroatoms. The SMILES string of the molecule is C[C@]1(C2CCN(C(=O)Cc3ccsc3)CC2)NC(=O)N(Cc2ccc(F)cc2)C1=O. The number of halogens is 1. The van der Waals surface area contributed by atoms with E-state index >= 15 is 0 Å². The van der Waals surface area contributed by atoms with Gasteiger partial charge in [-0.1, -0.05) is 12.1 Å². The molecule has 0 bridgehead atoms. The van der Waals surface area contributed by atoms with Gasteiger partial charge in [0.25, 0.3) is 5.91 Å². The Kier molecular flexibility index (Phi) is 5.60. The van der Waals surface area contributed by atoms with Crippen LogP contribution in [0.25, 0.3) is 0 Å². The lowest BCUT2D eigenvalue weighted by Gasteiger charge is -2.39.